The number of nitrogens with one attached hydrogen (secondary N) is 2. The van der Waals surface area contributed by atoms with Crippen molar-refractivity contribution in [2.75, 3.05) is 0 Å². The molecule has 0 radical (unpaired) electrons. The first kappa shape index (κ1) is 16.0. The number of thiocarbonyl (C=S) groups is 1. The van der Waals surface area contributed by atoms with E-state index in [9.17, 15) is 4.79 Å². The van der Waals surface area contributed by atoms with Crippen molar-refractivity contribution in [3.8, 4) is 6.19 Å². The molecule has 2 N–H and O–H groups in total. The van der Waals surface area contributed by atoms with E-state index in [1.54, 1.807) is 6.07 Å². The third-order valence-corrected chi connectivity index (χ3v) is 4.69. The predicted molar refractivity (Wildman–Crippen MR) is 106 cm³/mol. The monoisotopic (exact) mass is 355 g/mol. The topological polar surface area (TPSA) is 64.9 Å². The average molecular weight is 355 g/mol. The average Bonchev–Trinajstić information content (AvgIpc) is 2.99. The zero-order valence-corrected chi connectivity index (χ0v) is 14.4. The number of fused-ring (bicyclic) bond motifs is 2. The Morgan fingerprint density at radius 1 is 0.962 bits per heavy atom. The molecule has 1 amide bonds. The molecule has 0 spiro atoms. The van der Waals surface area contributed by atoms with Crippen LogP contribution in [0.3, 0.4) is 0 Å². The Hall–Kier alpha value is -3.49. The van der Waals surface area contributed by atoms with Crippen molar-refractivity contribution in [3.63, 3.8) is 0 Å². The lowest BCUT2D eigenvalue weighted by atomic mass is 9.94. The van der Waals surface area contributed by atoms with E-state index in [2.05, 4.69) is 10.6 Å². The van der Waals surface area contributed by atoms with Gasteiger partial charge in [-0.3, -0.25) is 10.1 Å². The van der Waals surface area contributed by atoms with Crippen LogP contribution in [0.2, 0.25) is 0 Å². The summed E-state index contributed by atoms with van der Waals surface area (Å²) in [5.74, 6) is -0.173. The lowest BCUT2D eigenvalue weighted by molar-refractivity contribution is 0.0981. The van der Waals surface area contributed by atoms with Crippen LogP contribution in [0.1, 0.15) is 21.5 Å². The Morgan fingerprint density at radius 3 is 2.46 bits per heavy atom. The lowest BCUT2D eigenvalue weighted by Gasteiger charge is -2.15. The highest BCUT2D eigenvalue weighted by Gasteiger charge is 2.28. The van der Waals surface area contributed by atoms with E-state index < -0.39 is 0 Å². The van der Waals surface area contributed by atoms with Gasteiger partial charge in [0.2, 0.25) is 0 Å². The SMILES string of the molecule is N#CNC(=S)C(=C1NC(=O)c2ccccc21)c1cccc2ccccc12. The number of carbonyl (C=O) groups excluding carboxylic acids is 1. The Kier molecular flexibility index (Phi) is 3.96. The lowest BCUT2D eigenvalue weighted by Crippen LogP contribution is -2.21. The highest BCUT2D eigenvalue weighted by atomic mass is 32.1. The molecule has 0 saturated carbocycles. The number of nitrogens with zero attached hydrogens (tertiary/aromatic N) is 1. The van der Waals surface area contributed by atoms with Crippen molar-refractivity contribution in [1.29, 1.82) is 5.26 Å². The van der Waals surface area contributed by atoms with Crippen LogP contribution in [0.4, 0.5) is 0 Å². The fourth-order valence-corrected chi connectivity index (χ4v) is 3.53. The van der Waals surface area contributed by atoms with Gasteiger partial charge in [-0.2, -0.15) is 5.26 Å². The fourth-order valence-electron chi connectivity index (χ4n) is 3.27. The third-order valence-electron chi connectivity index (χ3n) is 4.39. The molecule has 0 fully saturated rings. The largest absolute Gasteiger partial charge is 0.321 e. The minimum absolute atomic E-state index is 0.173. The molecule has 0 atom stereocenters. The number of benzene rings is 3. The van der Waals surface area contributed by atoms with Crippen LogP contribution in [0, 0.1) is 11.5 Å². The minimum Gasteiger partial charge on any atom is -0.321 e. The molecule has 0 aromatic heterocycles. The number of hydrogen-bond acceptors (Lipinski definition) is 3. The number of nitriles is 1. The van der Waals surface area contributed by atoms with Gasteiger partial charge in [0, 0.05) is 16.7 Å². The van der Waals surface area contributed by atoms with E-state index in [4.69, 9.17) is 17.5 Å². The van der Waals surface area contributed by atoms with Gasteiger partial charge in [-0.25, -0.2) is 0 Å². The Bertz CT molecular complexity index is 1140. The summed E-state index contributed by atoms with van der Waals surface area (Å²) >= 11 is 5.48. The van der Waals surface area contributed by atoms with Gasteiger partial charge in [-0.1, -0.05) is 72.9 Å². The molecule has 3 aromatic rings. The molecular weight excluding hydrogens is 342 g/mol. The Labute approximate surface area is 155 Å². The zero-order valence-electron chi connectivity index (χ0n) is 13.6. The van der Waals surface area contributed by atoms with Crippen molar-refractivity contribution in [2.24, 2.45) is 0 Å². The first-order chi connectivity index (χ1) is 12.7. The Balaban J connectivity index is 2.06. The fraction of sp³-hybridized carbons (Fsp3) is 0. The van der Waals surface area contributed by atoms with Gasteiger partial charge in [0.25, 0.3) is 5.91 Å². The maximum atomic E-state index is 12.4. The molecule has 124 valence electrons. The van der Waals surface area contributed by atoms with Gasteiger partial charge in [-0.05, 0) is 22.4 Å². The molecular formula is C21H13N3OS. The number of rotatable bonds is 2. The van der Waals surface area contributed by atoms with E-state index in [1.807, 2.05) is 66.9 Å². The molecule has 26 heavy (non-hydrogen) atoms. The molecule has 4 nitrogen and oxygen atoms in total. The summed E-state index contributed by atoms with van der Waals surface area (Å²) in [6.07, 6.45) is 1.89. The smallest absolute Gasteiger partial charge is 0.256 e. The normalized spacial score (nSPS) is 14.3. The summed E-state index contributed by atoms with van der Waals surface area (Å²) in [7, 11) is 0. The molecule has 1 heterocycles. The van der Waals surface area contributed by atoms with Gasteiger partial charge < -0.3 is 5.32 Å². The zero-order chi connectivity index (χ0) is 18.1. The van der Waals surface area contributed by atoms with E-state index in [-0.39, 0.29) is 10.9 Å². The van der Waals surface area contributed by atoms with Crippen LogP contribution in [0.15, 0.2) is 66.7 Å². The van der Waals surface area contributed by atoms with Crippen LogP contribution in [0.5, 0.6) is 0 Å². The third kappa shape index (κ3) is 2.53. The number of carbonyl (C=O) groups is 1. The van der Waals surface area contributed by atoms with Gasteiger partial charge >= 0.3 is 0 Å². The molecule has 0 unspecified atom stereocenters. The quantitative estimate of drug-likeness (QED) is 0.317. The molecule has 0 saturated heterocycles. The first-order valence-electron chi connectivity index (χ1n) is 8.03. The second kappa shape index (κ2) is 6.43. The van der Waals surface area contributed by atoms with Crippen molar-refractivity contribution in [2.45, 2.75) is 0 Å². The predicted octanol–water partition coefficient (Wildman–Crippen LogP) is 3.85. The van der Waals surface area contributed by atoms with Gasteiger partial charge in [0.1, 0.15) is 4.99 Å². The van der Waals surface area contributed by atoms with Crippen LogP contribution in [-0.4, -0.2) is 10.9 Å². The summed E-state index contributed by atoms with van der Waals surface area (Å²) in [6, 6.07) is 21.2. The second-order valence-electron chi connectivity index (χ2n) is 5.84. The summed E-state index contributed by atoms with van der Waals surface area (Å²) < 4.78 is 0. The van der Waals surface area contributed by atoms with Crippen LogP contribution in [0.25, 0.3) is 22.0 Å². The van der Waals surface area contributed by atoms with E-state index in [0.29, 0.717) is 16.8 Å². The maximum absolute atomic E-state index is 12.4. The molecule has 4 rings (SSSR count). The summed E-state index contributed by atoms with van der Waals surface area (Å²) in [4.78, 5) is 12.7. The van der Waals surface area contributed by atoms with Crippen LogP contribution < -0.4 is 10.6 Å². The highest BCUT2D eigenvalue weighted by Crippen LogP contribution is 2.34. The standard InChI is InChI=1S/C21H13N3OS/c22-12-23-21(26)18(15-11-5-7-13-6-1-2-8-14(13)15)19-16-9-3-4-10-17(16)20(25)24-19/h1-11H,(H,23,26)(H,24,25). The molecule has 0 aliphatic carbocycles. The highest BCUT2D eigenvalue weighted by molar-refractivity contribution is 7.81. The van der Waals surface area contributed by atoms with Gasteiger partial charge in [-0.15, -0.1) is 0 Å². The van der Waals surface area contributed by atoms with Crippen molar-refractivity contribution >= 4 is 45.2 Å². The minimum atomic E-state index is -0.173. The summed E-state index contributed by atoms with van der Waals surface area (Å²) in [5, 5.41) is 16.6. The van der Waals surface area contributed by atoms with Crippen LogP contribution >= 0.6 is 12.2 Å². The summed E-state index contributed by atoms with van der Waals surface area (Å²) in [5.41, 5.74) is 3.50. The van der Waals surface area contributed by atoms with Crippen molar-refractivity contribution < 1.29 is 4.79 Å². The van der Waals surface area contributed by atoms with E-state index in [0.717, 1.165) is 21.9 Å². The van der Waals surface area contributed by atoms with E-state index in [1.165, 1.54) is 0 Å². The second-order valence-corrected chi connectivity index (χ2v) is 6.25. The molecule has 0 bridgehead atoms. The number of hydrogen-bond donors (Lipinski definition) is 2. The molecule has 3 aromatic carbocycles. The Morgan fingerprint density at radius 2 is 1.65 bits per heavy atom. The van der Waals surface area contributed by atoms with Gasteiger partial charge in [0.15, 0.2) is 6.19 Å². The van der Waals surface area contributed by atoms with Crippen LogP contribution in [-0.2, 0) is 0 Å². The molecule has 5 heteroatoms. The van der Waals surface area contributed by atoms with Crippen molar-refractivity contribution in [1.82, 2.24) is 10.6 Å². The van der Waals surface area contributed by atoms with Gasteiger partial charge in [0.05, 0.1) is 5.70 Å². The maximum Gasteiger partial charge on any atom is 0.256 e. The van der Waals surface area contributed by atoms with E-state index >= 15 is 0 Å². The first-order valence-corrected chi connectivity index (χ1v) is 8.44. The molecule has 1 aliphatic heterocycles. The molecule has 1 aliphatic rings. The van der Waals surface area contributed by atoms with Crippen molar-refractivity contribution in [3.05, 3.63) is 83.4 Å². The number of amides is 1. The summed E-state index contributed by atoms with van der Waals surface area (Å²) in [6.45, 7) is 0.